The largest absolute Gasteiger partial charge is 0.468 e. The van der Waals surface area contributed by atoms with Crippen LogP contribution in [0.25, 0.3) is 0 Å². The van der Waals surface area contributed by atoms with Crippen molar-refractivity contribution in [1.82, 2.24) is 5.32 Å². The van der Waals surface area contributed by atoms with Gasteiger partial charge in [-0.2, -0.15) is 0 Å². The van der Waals surface area contributed by atoms with Gasteiger partial charge in [0.05, 0.1) is 5.56 Å². The molecule has 2 aromatic rings. The van der Waals surface area contributed by atoms with Gasteiger partial charge in [-0.25, -0.2) is 8.78 Å². The Morgan fingerprint density at radius 1 is 1.04 bits per heavy atom. The maximum absolute atomic E-state index is 14.8. The number of hydrogen-bond acceptors (Lipinski definition) is 3. The molecule has 146 valence electrons. The van der Waals surface area contributed by atoms with Crippen LogP contribution in [0.2, 0.25) is 0 Å². The number of ether oxygens (including phenoxy) is 1. The van der Waals surface area contributed by atoms with Gasteiger partial charge in [-0.3, -0.25) is 10.5 Å². The van der Waals surface area contributed by atoms with E-state index in [1.807, 2.05) is 27.7 Å². The average Bonchev–Trinajstić information content (AvgIpc) is 2.62. The third kappa shape index (κ3) is 4.63. The highest BCUT2D eigenvalue weighted by Gasteiger charge is 2.22. The molecule has 4 nitrogen and oxygen atoms in total. The van der Waals surface area contributed by atoms with Crippen LogP contribution in [0.5, 0.6) is 5.75 Å². The Morgan fingerprint density at radius 3 is 2.22 bits per heavy atom. The second kappa shape index (κ2) is 8.48. The van der Waals surface area contributed by atoms with Crippen molar-refractivity contribution in [3.8, 4) is 5.75 Å². The summed E-state index contributed by atoms with van der Waals surface area (Å²) in [5.41, 5.74) is 7.63. The monoisotopic (exact) mass is 376 g/mol. The van der Waals surface area contributed by atoms with Gasteiger partial charge in [0.2, 0.25) is 0 Å². The van der Waals surface area contributed by atoms with E-state index in [0.29, 0.717) is 5.56 Å². The summed E-state index contributed by atoms with van der Waals surface area (Å²) in [4.78, 5) is 12.0. The number of nitrogens with two attached hydrogens (primary N) is 1. The first-order chi connectivity index (χ1) is 12.6. The first kappa shape index (κ1) is 20.8. The van der Waals surface area contributed by atoms with Gasteiger partial charge in [-0.15, -0.1) is 0 Å². The van der Waals surface area contributed by atoms with E-state index in [-0.39, 0.29) is 28.7 Å². The zero-order valence-corrected chi connectivity index (χ0v) is 16.3. The minimum atomic E-state index is -1.21. The summed E-state index contributed by atoms with van der Waals surface area (Å²) in [6.45, 7) is 7.78. The second-order valence-corrected chi connectivity index (χ2v) is 7.09. The van der Waals surface area contributed by atoms with Gasteiger partial charge in [0.15, 0.2) is 17.8 Å². The van der Waals surface area contributed by atoms with Crippen molar-refractivity contribution >= 4 is 5.91 Å². The van der Waals surface area contributed by atoms with Crippen LogP contribution in [0, 0.1) is 11.6 Å². The highest BCUT2D eigenvalue weighted by atomic mass is 19.1. The van der Waals surface area contributed by atoms with Crippen LogP contribution in [-0.4, -0.2) is 13.0 Å². The number of rotatable bonds is 6. The molecule has 2 rings (SSSR count). The fourth-order valence-corrected chi connectivity index (χ4v) is 2.68. The molecule has 0 radical (unpaired) electrons. The van der Waals surface area contributed by atoms with Gasteiger partial charge in [-0.1, -0.05) is 33.8 Å². The van der Waals surface area contributed by atoms with Crippen LogP contribution in [0.3, 0.4) is 0 Å². The average molecular weight is 376 g/mol. The summed E-state index contributed by atoms with van der Waals surface area (Å²) in [6, 6.07) is 7.60. The van der Waals surface area contributed by atoms with Crippen molar-refractivity contribution in [1.29, 1.82) is 0 Å². The Bertz CT molecular complexity index is 835. The van der Waals surface area contributed by atoms with Crippen LogP contribution in [-0.2, 0) is 0 Å². The topological polar surface area (TPSA) is 64.3 Å². The van der Waals surface area contributed by atoms with Crippen molar-refractivity contribution in [2.24, 2.45) is 5.73 Å². The summed E-state index contributed by atoms with van der Waals surface area (Å²) in [5.74, 6) is -1.89. The lowest BCUT2D eigenvalue weighted by atomic mass is 9.99. The number of carbonyl (C=O) groups is 1. The van der Waals surface area contributed by atoms with Gasteiger partial charge in [0.1, 0.15) is 5.82 Å². The maximum atomic E-state index is 14.8. The van der Waals surface area contributed by atoms with Crippen molar-refractivity contribution in [3.63, 3.8) is 0 Å². The van der Waals surface area contributed by atoms with E-state index in [2.05, 4.69) is 5.32 Å². The van der Waals surface area contributed by atoms with Crippen molar-refractivity contribution in [2.45, 2.75) is 45.8 Å². The molecule has 0 saturated heterocycles. The first-order valence-corrected chi connectivity index (χ1v) is 8.92. The molecule has 0 aliphatic carbocycles. The molecular weight excluding hydrogens is 350 g/mol. The van der Waals surface area contributed by atoms with Crippen LogP contribution in [0.15, 0.2) is 30.3 Å². The Balaban J connectivity index is 2.45. The normalized spacial score (nSPS) is 12.4. The zero-order chi connectivity index (χ0) is 20.3. The molecule has 0 aliphatic rings. The number of amides is 1. The Labute approximate surface area is 158 Å². The molecule has 27 heavy (non-hydrogen) atoms. The van der Waals surface area contributed by atoms with Crippen molar-refractivity contribution in [3.05, 3.63) is 64.2 Å². The smallest absolute Gasteiger partial charge is 0.254 e. The number of nitrogens with one attached hydrogen (secondary N) is 1. The Kier molecular flexibility index (Phi) is 6.54. The van der Waals surface area contributed by atoms with Crippen molar-refractivity contribution in [2.75, 3.05) is 7.05 Å². The summed E-state index contributed by atoms with van der Waals surface area (Å²) in [5, 5.41) is 2.40. The maximum Gasteiger partial charge on any atom is 0.254 e. The summed E-state index contributed by atoms with van der Waals surface area (Å²) in [6.07, 6.45) is -1.21. The molecule has 1 amide bonds. The third-order valence-electron chi connectivity index (χ3n) is 4.45. The van der Waals surface area contributed by atoms with Gasteiger partial charge in [-0.05, 0) is 47.2 Å². The number of halogens is 2. The SMILES string of the molecule is CNC(=O)c1cc(C(C)C)cc(OC(N)c2cc(C(C)C)ccc2F)c1F. The lowest BCUT2D eigenvalue weighted by Crippen LogP contribution is -2.23. The van der Waals surface area contributed by atoms with E-state index in [4.69, 9.17) is 10.5 Å². The van der Waals surface area contributed by atoms with Crippen LogP contribution >= 0.6 is 0 Å². The predicted octanol–water partition coefficient (Wildman–Crippen LogP) is 4.61. The summed E-state index contributed by atoms with van der Waals surface area (Å²) in [7, 11) is 1.42. The molecule has 0 aromatic heterocycles. The molecule has 6 heteroatoms. The lowest BCUT2D eigenvalue weighted by Gasteiger charge is -2.20. The molecule has 0 saturated carbocycles. The Morgan fingerprint density at radius 2 is 1.67 bits per heavy atom. The zero-order valence-electron chi connectivity index (χ0n) is 16.3. The predicted molar refractivity (Wildman–Crippen MR) is 102 cm³/mol. The molecule has 1 unspecified atom stereocenters. The van der Waals surface area contributed by atoms with Gasteiger partial charge < -0.3 is 10.1 Å². The molecule has 0 aliphatic heterocycles. The molecular formula is C21H26F2N2O2. The van der Waals surface area contributed by atoms with Crippen LogP contribution in [0.4, 0.5) is 8.78 Å². The summed E-state index contributed by atoms with van der Waals surface area (Å²) < 4.78 is 34.6. The Hall–Kier alpha value is -2.47. The molecule has 0 heterocycles. The number of hydrogen-bond donors (Lipinski definition) is 2. The van der Waals surface area contributed by atoms with Crippen LogP contribution < -0.4 is 15.8 Å². The van der Waals surface area contributed by atoms with Crippen molar-refractivity contribution < 1.29 is 18.3 Å². The number of carbonyl (C=O) groups excluding carboxylic acids is 1. The van der Waals surface area contributed by atoms with Gasteiger partial charge >= 0.3 is 0 Å². The highest BCUT2D eigenvalue weighted by molar-refractivity contribution is 5.95. The van der Waals surface area contributed by atoms with E-state index < -0.39 is 23.8 Å². The molecule has 1 atom stereocenters. The van der Waals surface area contributed by atoms with E-state index in [0.717, 1.165) is 5.56 Å². The van der Waals surface area contributed by atoms with E-state index in [1.165, 1.54) is 25.2 Å². The standard InChI is InChI=1S/C21H26F2N2O2/c1-11(2)13-6-7-17(22)15(8-13)20(24)27-18-10-14(12(3)4)9-16(19(18)23)21(26)25-5/h6-12,20H,24H2,1-5H3,(H,25,26). The minimum absolute atomic E-state index is 0.0357. The summed E-state index contributed by atoms with van der Waals surface area (Å²) >= 11 is 0. The lowest BCUT2D eigenvalue weighted by molar-refractivity contribution is 0.0956. The van der Waals surface area contributed by atoms with Crippen LogP contribution in [0.1, 0.15) is 72.8 Å². The molecule has 0 bridgehead atoms. The quantitative estimate of drug-likeness (QED) is 0.724. The highest BCUT2D eigenvalue weighted by Crippen LogP contribution is 2.31. The third-order valence-corrected chi connectivity index (χ3v) is 4.45. The first-order valence-electron chi connectivity index (χ1n) is 8.92. The minimum Gasteiger partial charge on any atom is -0.468 e. The van der Waals surface area contributed by atoms with E-state index in [1.54, 1.807) is 12.1 Å². The molecule has 0 spiro atoms. The van der Waals surface area contributed by atoms with Gasteiger partial charge in [0.25, 0.3) is 5.91 Å². The fraction of sp³-hybridized carbons (Fsp3) is 0.381. The van der Waals surface area contributed by atoms with Gasteiger partial charge in [0, 0.05) is 12.6 Å². The molecule has 3 N–H and O–H groups in total. The fourth-order valence-electron chi connectivity index (χ4n) is 2.68. The second-order valence-electron chi connectivity index (χ2n) is 7.09. The van der Waals surface area contributed by atoms with E-state index >= 15 is 0 Å². The molecule has 0 fully saturated rings. The van der Waals surface area contributed by atoms with E-state index in [9.17, 15) is 13.6 Å². The number of benzene rings is 2. The molecule has 2 aromatic carbocycles.